The molecule has 1 heterocycles. The lowest BCUT2D eigenvalue weighted by Gasteiger charge is -2.07. The number of thioether (sulfide) groups is 1. The van der Waals surface area contributed by atoms with Crippen molar-refractivity contribution in [3.05, 3.63) is 34.2 Å². The first-order valence-electron chi connectivity index (χ1n) is 6.74. The first kappa shape index (κ1) is 17.2. The zero-order valence-corrected chi connectivity index (χ0v) is 15.1. The summed E-state index contributed by atoms with van der Waals surface area (Å²) in [5, 5.41) is 11.6. The number of aryl methyl sites for hydroxylation is 1. The van der Waals surface area contributed by atoms with Crippen molar-refractivity contribution >= 4 is 45.9 Å². The van der Waals surface area contributed by atoms with E-state index in [-0.39, 0.29) is 5.91 Å². The van der Waals surface area contributed by atoms with Crippen molar-refractivity contribution in [3.8, 4) is 0 Å². The highest BCUT2D eigenvalue weighted by Crippen LogP contribution is 2.17. The summed E-state index contributed by atoms with van der Waals surface area (Å²) in [5.41, 5.74) is 0.805. The Bertz CT molecular complexity index is 620. The third kappa shape index (κ3) is 5.58. The van der Waals surface area contributed by atoms with Crippen molar-refractivity contribution in [3.63, 3.8) is 0 Å². The largest absolute Gasteiger partial charge is 0.385 e. The summed E-state index contributed by atoms with van der Waals surface area (Å²) < 4.78 is 8.05. The highest BCUT2D eigenvalue weighted by atomic mass is 127. The molecular weight excluding hydrogens is 415 g/mol. The Morgan fingerprint density at radius 2 is 2.36 bits per heavy atom. The van der Waals surface area contributed by atoms with Gasteiger partial charge in [0, 0.05) is 29.5 Å². The zero-order valence-electron chi connectivity index (χ0n) is 12.2. The van der Waals surface area contributed by atoms with E-state index in [4.69, 9.17) is 4.74 Å². The molecule has 0 fully saturated rings. The molecular formula is C14H17IN4O2S. The number of carbonyl (C=O) groups is 1. The lowest BCUT2D eigenvalue weighted by atomic mass is 10.3. The Hall–Kier alpha value is -1.13. The van der Waals surface area contributed by atoms with Gasteiger partial charge in [0.15, 0.2) is 5.16 Å². The van der Waals surface area contributed by atoms with Gasteiger partial charge in [-0.2, -0.15) is 0 Å². The van der Waals surface area contributed by atoms with Gasteiger partial charge in [0.05, 0.1) is 5.75 Å². The SMILES string of the molecule is COCCCn1cnnc1SCC(=O)Nc1cccc(I)c1. The Balaban J connectivity index is 1.82. The average Bonchev–Trinajstić information content (AvgIpc) is 2.93. The second-order valence-electron chi connectivity index (χ2n) is 4.50. The number of amides is 1. The lowest BCUT2D eigenvalue weighted by molar-refractivity contribution is -0.113. The van der Waals surface area contributed by atoms with E-state index < -0.39 is 0 Å². The van der Waals surface area contributed by atoms with Gasteiger partial charge in [-0.1, -0.05) is 17.8 Å². The Morgan fingerprint density at radius 3 is 3.14 bits per heavy atom. The second kappa shape index (κ2) is 9.11. The maximum atomic E-state index is 12.0. The van der Waals surface area contributed by atoms with Crippen LogP contribution >= 0.6 is 34.4 Å². The molecule has 0 aliphatic rings. The summed E-state index contributed by atoms with van der Waals surface area (Å²) in [7, 11) is 1.68. The second-order valence-corrected chi connectivity index (χ2v) is 6.69. The number of hydrogen-bond acceptors (Lipinski definition) is 5. The molecule has 22 heavy (non-hydrogen) atoms. The molecule has 6 nitrogen and oxygen atoms in total. The van der Waals surface area contributed by atoms with Crippen LogP contribution in [0.25, 0.3) is 0 Å². The van der Waals surface area contributed by atoms with Crippen LogP contribution in [0.1, 0.15) is 6.42 Å². The van der Waals surface area contributed by atoms with Gasteiger partial charge in [-0.3, -0.25) is 4.79 Å². The van der Waals surface area contributed by atoms with Crippen LogP contribution in [0, 0.1) is 3.57 Å². The highest BCUT2D eigenvalue weighted by Gasteiger charge is 2.09. The molecule has 0 unspecified atom stereocenters. The number of ether oxygens (including phenoxy) is 1. The van der Waals surface area contributed by atoms with Crippen LogP contribution in [0.2, 0.25) is 0 Å². The summed E-state index contributed by atoms with van der Waals surface area (Å²) in [5.74, 6) is 0.243. The van der Waals surface area contributed by atoms with E-state index in [0.717, 1.165) is 27.4 Å². The third-order valence-electron chi connectivity index (χ3n) is 2.77. The van der Waals surface area contributed by atoms with Crippen molar-refractivity contribution < 1.29 is 9.53 Å². The van der Waals surface area contributed by atoms with Crippen LogP contribution in [0.4, 0.5) is 5.69 Å². The highest BCUT2D eigenvalue weighted by molar-refractivity contribution is 14.1. The van der Waals surface area contributed by atoms with Gasteiger partial charge < -0.3 is 14.6 Å². The zero-order chi connectivity index (χ0) is 15.8. The standard InChI is InChI=1S/C14H17IN4O2S/c1-21-7-3-6-19-10-16-18-14(19)22-9-13(20)17-12-5-2-4-11(15)8-12/h2,4-5,8,10H,3,6-7,9H2,1H3,(H,17,20). The topological polar surface area (TPSA) is 69.0 Å². The van der Waals surface area contributed by atoms with Gasteiger partial charge in [0.25, 0.3) is 0 Å². The van der Waals surface area contributed by atoms with Crippen LogP contribution in [0.5, 0.6) is 0 Å². The number of benzene rings is 1. The van der Waals surface area contributed by atoms with Crippen molar-refractivity contribution in [2.75, 3.05) is 24.8 Å². The van der Waals surface area contributed by atoms with Gasteiger partial charge in [-0.25, -0.2) is 0 Å². The van der Waals surface area contributed by atoms with E-state index in [2.05, 4.69) is 38.1 Å². The Labute approximate surface area is 147 Å². The normalized spacial score (nSPS) is 10.6. The first-order valence-corrected chi connectivity index (χ1v) is 8.80. The number of nitrogens with one attached hydrogen (secondary N) is 1. The van der Waals surface area contributed by atoms with E-state index in [1.165, 1.54) is 11.8 Å². The van der Waals surface area contributed by atoms with Crippen LogP contribution in [0.15, 0.2) is 35.7 Å². The molecule has 0 atom stereocenters. The predicted octanol–water partition coefficient (Wildman–Crippen LogP) is 2.65. The van der Waals surface area contributed by atoms with Gasteiger partial charge in [0.2, 0.25) is 5.91 Å². The maximum Gasteiger partial charge on any atom is 0.234 e. The lowest BCUT2D eigenvalue weighted by Crippen LogP contribution is -2.14. The molecule has 1 N–H and O–H groups in total. The fourth-order valence-electron chi connectivity index (χ4n) is 1.78. The van der Waals surface area contributed by atoms with Crippen molar-refractivity contribution in [2.24, 2.45) is 0 Å². The minimum absolute atomic E-state index is 0.0570. The van der Waals surface area contributed by atoms with Gasteiger partial charge in [-0.05, 0) is 47.2 Å². The molecule has 2 aromatic rings. The van der Waals surface area contributed by atoms with Crippen molar-refractivity contribution in [2.45, 2.75) is 18.1 Å². The van der Waals surface area contributed by atoms with Crippen molar-refractivity contribution in [1.29, 1.82) is 0 Å². The maximum absolute atomic E-state index is 12.0. The summed E-state index contributed by atoms with van der Waals surface area (Å²) in [4.78, 5) is 12.0. The molecule has 0 spiro atoms. The predicted molar refractivity (Wildman–Crippen MR) is 95.0 cm³/mol. The molecule has 0 saturated carbocycles. The smallest absolute Gasteiger partial charge is 0.234 e. The van der Waals surface area contributed by atoms with Crippen LogP contribution < -0.4 is 5.32 Å². The number of methoxy groups -OCH3 is 1. The molecule has 8 heteroatoms. The summed E-state index contributed by atoms with van der Waals surface area (Å²) in [6.07, 6.45) is 2.56. The number of anilines is 1. The summed E-state index contributed by atoms with van der Waals surface area (Å²) in [6, 6.07) is 7.69. The minimum atomic E-state index is -0.0570. The minimum Gasteiger partial charge on any atom is -0.385 e. The monoisotopic (exact) mass is 432 g/mol. The van der Waals surface area contributed by atoms with E-state index in [9.17, 15) is 4.79 Å². The molecule has 0 aliphatic heterocycles. The molecule has 2 rings (SSSR count). The molecule has 1 aromatic heterocycles. The number of aromatic nitrogens is 3. The molecule has 0 saturated heterocycles. The number of rotatable bonds is 8. The van der Waals surface area contributed by atoms with E-state index >= 15 is 0 Å². The summed E-state index contributed by atoms with van der Waals surface area (Å²) in [6.45, 7) is 1.47. The van der Waals surface area contributed by atoms with Crippen LogP contribution in [-0.4, -0.2) is 40.1 Å². The number of hydrogen-bond donors (Lipinski definition) is 1. The van der Waals surface area contributed by atoms with Gasteiger partial charge in [-0.15, -0.1) is 10.2 Å². The van der Waals surface area contributed by atoms with Crippen molar-refractivity contribution in [1.82, 2.24) is 14.8 Å². The molecule has 0 aliphatic carbocycles. The number of carbonyl (C=O) groups excluding carboxylic acids is 1. The van der Waals surface area contributed by atoms with Crippen LogP contribution in [-0.2, 0) is 16.1 Å². The Kier molecular flexibility index (Phi) is 7.13. The fraction of sp³-hybridized carbons (Fsp3) is 0.357. The van der Waals surface area contributed by atoms with E-state index in [1.807, 2.05) is 28.8 Å². The fourth-order valence-corrected chi connectivity index (χ4v) is 3.07. The number of halogens is 1. The molecule has 1 aromatic carbocycles. The molecule has 0 radical (unpaired) electrons. The van der Waals surface area contributed by atoms with Crippen LogP contribution in [0.3, 0.4) is 0 Å². The molecule has 1 amide bonds. The molecule has 118 valence electrons. The quantitative estimate of drug-likeness (QED) is 0.395. The summed E-state index contributed by atoms with van der Waals surface area (Å²) >= 11 is 3.59. The first-order chi connectivity index (χ1) is 10.7. The van der Waals surface area contributed by atoms with E-state index in [0.29, 0.717) is 12.4 Å². The van der Waals surface area contributed by atoms with Gasteiger partial charge in [0.1, 0.15) is 6.33 Å². The number of nitrogens with zero attached hydrogens (tertiary/aromatic N) is 3. The Morgan fingerprint density at radius 1 is 1.50 bits per heavy atom. The third-order valence-corrected chi connectivity index (χ3v) is 4.42. The molecule has 0 bridgehead atoms. The van der Waals surface area contributed by atoms with E-state index in [1.54, 1.807) is 13.4 Å². The van der Waals surface area contributed by atoms with Gasteiger partial charge >= 0.3 is 0 Å². The average molecular weight is 432 g/mol.